The summed E-state index contributed by atoms with van der Waals surface area (Å²) >= 11 is 0. The van der Waals surface area contributed by atoms with Gasteiger partial charge in [0.2, 0.25) is 0 Å². The van der Waals surface area contributed by atoms with E-state index in [2.05, 4.69) is 0 Å². The maximum atomic E-state index is 13.3. The molecule has 1 amide bonds. The molecule has 0 bridgehead atoms. The number of ether oxygens (including phenoxy) is 2. The Labute approximate surface area is 149 Å². The Bertz CT molecular complexity index is 865. The van der Waals surface area contributed by atoms with Gasteiger partial charge in [-0.2, -0.15) is 0 Å². The van der Waals surface area contributed by atoms with Crippen LogP contribution < -0.4 is 9.47 Å². The van der Waals surface area contributed by atoms with Gasteiger partial charge in [0.1, 0.15) is 11.7 Å². The first-order chi connectivity index (χ1) is 12.4. The number of nitrogens with zero attached hydrogens (tertiary/aromatic N) is 1. The molecule has 3 rings (SSSR count). The number of carbonyl (C=O) groups excluding carboxylic acids is 1. The fraction of sp³-hybridized carbons (Fsp3) is 0.263. The number of fused-ring (bicyclic) bond motifs is 1. The molecular formula is C19H18FNO5. The molecule has 1 aliphatic heterocycles. The molecule has 0 fully saturated rings. The number of likely N-dealkylation sites (N-methyl/N-ethyl adjacent to an activating group) is 1. The lowest BCUT2D eigenvalue weighted by molar-refractivity contribution is -0.140. The van der Waals surface area contributed by atoms with Crippen LogP contribution in [0.1, 0.15) is 33.4 Å². The predicted molar refractivity (Wildman–Crippen MR) is 91.2 cm³/mol. The van der Waals surface area contributed by atoms with Crippen molar-refractivity contribution in [2.45, 2.75) is 12.0 Å². The van der Waals surface area contributed by atoms with Gasteiger partial charge in [0, 0.05) is 12.6 Å². The second kappa shape index (κ2) is 6.67. The third-order valence-corrected chi connectivity index (χ3v) is 4.65. The summed E-state index contributed by atoms with van der Waals surface area (Å²) in [5.74, 6) is -2.21. The molecule has 2 aromatic rings. The van der Waals surface area contributed by atoms with Crippen LogP contribution in [0.3, 0.4) is 0 Å². The molecule has 1 heterocycles. The molecule has 2 atom stereocenters. The molecular weight excluding hydrogens is 341 g/mol. The first kappa shape index (κ1) is 17.7. The molecule has 2 unspecified atom stereocenters. The monoisotopic (exact) mass is 359 g/mol. The molecule has 0 aliphatic carbocycles. The Morgan fingerprint density at radius 2 is 1.69 bits per heavy atom. The van der Waals surface area contributed by atoms with Crippen molar-refractivity contribution in [2.24, 2.45) is 0 Å². The summed E-state index contributed by atoms with van der Waals surface area (Å²) in [6.45, 7) is 0. The highest BCUT2D eigenvalue weighted by Gasteiger charge is 2.43. The molecule has 0 saturated heterocycles. The predicted octanol–water partition coefficient (Wildman–Crippen LogP) is 2.84. The summed E-state index contributed by atoms with van der Waals surface area (Å²) < 4.78 is 23.8. The number of methoxy groups -OCH3 is 2. The van der Waals surface area contributed by atoms with E-state index < -0.39 is 23.7 Å². The van der Waals surface area contributed by atoms with Gasteiger partial charge in [0.25, 0.3) is 5.91 Å². The second-order valence-electron chi connectivity index (χ2n) is 6.02. The summed E-state index contributed by atoms with van der Waals surface area (Å²) in [5, 5.41) is 9.88. The highest BCUT2D eigenvalue weighted by atomic mass is 19.1. The number of carbonyl (C=O) groups is 2. The Balaban J connectivity index is 2.23. The summed E-state index contributed by atoms with van der Waals surface area (Å²) in [6.07, 6.45) is 0. The van der Waals surface area contributed by atoms with Crippen molar-refractivity contribution in [1.82, 2.24) is 4.90 Å². The summed E-state index contributed by atoms with van der Waals surface area (Å²) in [6, 6.07) is 7.72. The lowest BCUT2D eigenvalue weighted by Gasteiger charge is -2.38. The lowest BCUT2D eigenvalue weighted by Crippen LogP contribution is -2.42. The van der Waals surface area contributed by atoms with E-state index >= 15 is 0 Å². The van der Waals surface area contributed by atoms with Crippen LogP contribution in [0, 0.1) is 5.82 Å². The van der Waals surface area contributed by atoms with E-state index in [-0.39, 0.29) is 11.5 Å². The van der Waals surface area contributed by atoms with Crippen molar-refractivity contribution in [2.75, 3.05) is 21.3 Å². The highest BCUT2D eigenvalue weighted by molar-refractivity contribution is 6.01. The SMILES string of the molecule is COc1cc2c(cc1OC)C(C(=O)O)C(c1ccc(F)cc1)N(C)C2=O. The fourth-order valence-corrected chi connectivity index (χ4v) is 3.39. The fourth-order valence-electron chi connectivity index (χ4n) is 3.39. The number of amides is 1. The minimum atomic E-state index is -1.09. The van der Waals surface area contributed by atoms with Crippen molar-refractivity contribution in [3.8, 4) is 11.5 Å². The van der Waals surface area contributed by atoms with E-state index in [1.807, 2.05) is 0 Å². The molecule has 0 saturated carbocycles. The number of hydrogen-bond donors (Lipinski definition) is 1. The maximum absolute atomic E-state index is 13.3. The average Bonchev–Trinajstić information content (AvgIpc) is 2.64. The number of hydrogen-bond acceptors (Lipinski definition) is 4. The van der Waals surface area contributed by atoms with E-state index in [1.54, 1.807) is 0 Å². The topological polar surface area (TPSA) is 76.1 Å². The van der Waals surface area contributed by atoms with Crippen LogP contribution in [0.5, 0.6) is 11.5 Å². The zero-order chi connectivity index (χ0) is 19.0. The van der Waals surface area contributed by atoms with E-state index in [1.165, 1.54) is 62.6 Å². The standard InChI is InChI=1S/C19H18FNO5/c1-21-17(10-4-6-11(20)7-5-10)16(19(23)24)12-8-14(25-2)15(26-3)9-13(12)18(21)22/h4-9,16-17H,1-3H3,(H,23,24). The van der Waals surface area contributed by atoms with Gasteiger partial charge in [0.15, 0.2) is 11.5 Å². The quantitative estimate of drug-likeness (QED) is 0.908. The number of aliphatic carboxylic acids is 1. The van der Waals surface area contributed by atoms with Crippen LogP contribution in [0.25, 0.3) is 0 Å². The smallest absolute Gasteiger partial charge is 0.313 e. The van der Waals surface area contributed by atoms with Gasteiger partial charge in [-0.3, -0.25) is 9.59 Å². The van der Waals surface area contributed by atoms with Crippen LogP contribution in [-0.4, -0.2) is 43.2 Å². The maximum Gasteiger partial charge on any atom is 0.313 e. The van der Waals surface area contributed by atoms with Crippen LogP contribution in [0.2, 0.25) is 0 Å². The Kier molecular flexibility index (Phi) is 4.54. The van der Waals surface area contributed by atoms with Crippen LogP contribution >= 0.6 is 0 Å². The van der Waals surface area contributed by atoms with E-state index in [0.29, 0.717) is 22.6 Å². The van der Waals surface area contributed by atoms with Gasteiger partial charge in [-0.05, 0) is 35.4 Å². The highest BCUT2D eigenvalue weighted by Crippen LogP contribution is 2.45. The first-order valence-electron chi connectivity index (χ1n) is 7.90. The van der Waals surface area contributed by atoms with Gasteiger partial charge in [-0.15, -0.1) is 0 Å². The third-order valence-electron chi connectivity index (χ3n) is 4.65. The molecule has 2 aromatic carbocycles. The van der Waals surface area contributed by atoms with Crippen molar-refractivity contribution < 1.29 is 28.6 Å². The largest absolute Gasteiger partial charge is 0.493 e. The molecule has 0 aromatic heterocycles. The normalized spacial score (nSPS) is 19.1. The minimum absolute atomic E-state index is 0.246. The van der Waals surface area contributed by atoms with Crippen molar-refractivity contribution in [1.29, 1.82) is 0 Å². The van der Waals surface area contributed by atoms with Crippen molar-refractivity contribution in [3.05, 3.63) is 58.9 Å². The minimum Gasteiger partial charge on any atom is -0.493 e. The van der Waals surface area contributed by atoms with Gasteiger partial charge in [-0.1, -0.05) is 12.1 Å². The number of carboxylic acids is 1. The lowest BCUT2D eigenvalue weighted by atomic mass is 9.80. The van der Waals surface area contributed by atoms with Gasteiger partial charge >= 0.3 is 5.97 Å². The molecule has 136 valence electrons. The van der Waals surface area contributed by atoms with Crippen molar-refractivity contribution in [3.63, 3.8) is 0 Å². The Morgan fingerprint density at radius 3 is 2.23 bits per heavy atom. The summed E-state index contributed by atoms with van der Waals surface area (Å²) in [4.78, 5) is 26.3. The number of carboxylic acid groups (broad SMARTS) is 1. The molecule has 7 heteroatoms. The van der Waals surface area contributed by atoms with Crippen LogP contribution in [0.4, 0.5) is 4.39 Å². The first-order valence-corrected chi connectivity index (χ1v) is 7.90. The van der Waals surface area contributed by atoms with Crippen LogP contribution in [0.15, 0.2) is 36.4 Å². The van der Waals surface area contributed by atoms with Gasteiger partial charge in [0.05, 0.1) is 20.3 Å². The van der Waals surface area contributed by atoms with Gasteiger partial charge < -0.3 is 19.5 Å². The molecule has 1 aliphatic rings. The number of halogens is 1. The van der Waals surface area contributed by atoms with E-state index in [4.69, 9.17) is 9.47 Å². The average molecular weight is 359 g/mol. The summed E-state index contributed by atoms with van der Waals surface area (Å²) in [7, 11) is 4.41. The molecule has 0 radical (unpaired) electrons. The molecule has 0 spiro atoms. The second-order valence-corrected chi connectivity index (χ2v) is 6.02. The Morgan fingerprint density at radius 1 is 1.12 bits per heavy atom. The van der Waals surface area contributed by atoms with E-state index in [9.17, 15) is 19.1 Å². The molecule has 6 nitrogen and oxygen atoms in total. The Hall–Kier alpha value is -3.09. The van der Waals surface area contributed by atoms with Crippen LogP contribution in [-0.2, 0) is 4.79 Å². The number of benzene rings is 2. The van der Waals surface area contributed by atoms with Crippen molar-refractivity contribution >= 4 is 11.9 Å². The summed E-state index contributed by atoms with van der Waals surface area (Å²) in [5.41, 5.74) is 1.12. The third kappa shape index (κ3) is 2.75. The molecule has 1 N–H and O–H groups in total. The number of rotatable bonds is 4. The van der Waals surface area contributed by atoms with Gasteiger partial charge in [-0.25, -0.2) is 4.39 Å². The zero-order valence-corrected chi connectivity index (χ0v) is 14.5. The van der Waals surface area contributed by atoms with E-state index in [0.717, 1.165) is 0 Å². The molecule has 26 heavy (non-hydrogen) atoms. The zero-order valence-electron chi connectivity index (χ0n) is 14.5.